The van der Waals surface area contributed by atoms with Crippen LogP contribution in [0.5, 0.6) is 0 Å². The maximum Gasteiger partial charge on any atom is 0.145 e. The van der Waals surface area contributed by atoms with Crippen molar-refractivity contribution >= 4 is 76.7 Å². The topological polar surface area (TPSA) is 55.4 Å². The molecule has 4 heterocycles. The average Bonchev–Trinajstić information content (AvgIpc) is 3.92. The third-order valence-electron chi connectivity index (χ3n) is 13.2. The van der Waals surface area contributed by atoms with E-state index in [1.165, 1.54) is 49.4 Å². The van der Waals surface area contributed by atoms with Crippen molar-refractivity contribution in [1.29, 1.82) is 0 Å². The van der Waals surface area contributed by atoms with Gasteiger partial charge in [-0.3, -0.25) is 9.98 Å². The summed E-state index contributed by atoms with van der Waals surface area (Å²) in [5, 5.41) is 12.3. The first-order valence-corrected chi connectivity index (χ1v) is 21.0. The summed E-state index contributed by atoms with van der Waals surface area (Å²) in [6.07, 6.45) is 1.57. The number of rotatable bonds is 4. The van der Waals surface area contributed by atoms with Crippen molar-refractivity contribution < 1.29 is 4.42 Å². The molecule has 1 N–H and O–H groups in total. The first-order chi connectivity index (χ1) is 30.0. The van der Waals surface area contributed by atoms with E-state index < -0.39 is 0 Å². The van der Waals surface area contributed by atoms with Crippen molar-refractivity contribution in [1.82, 2.24) is 14.9 Å². The second kappa shape index (κ2) is 12.6. The van der Waals surface area contributed by atoms with Crippen LogP contribution in [0.25, 0.3) is 87.8 Å². The number of nitrogens with zero attached hydrogens (tertiary/aromatic N) is 3. The smallest absolute Gasteiger partial charge is 0.145 e. The lowest BCUT2D eigenvalue weighted by molar-refractivity contribution is 0.517. The van der Waals surface area contributed by atoms with Crippen LogP contribution in [-0.4, -0.2) is 15.3 Å². The zero-order chi connectivity index (χ0) is 40.4. The summed E-state index contributed by atoms with van der Waals surface area (Å²) in [5.41, 5.74) is 16.2. The summed E-state index contributed by atoms with van der Waals surface area (Å²) in [4.78, 5) is 10.5. The summed E-state index contributed by atoms with van der Waals surface area (Å²) in [6, 6.07) is 63.3. The van der Waals surface area contributed by atoms with Crippen LogP contribution in [-0.2, 0) is 5.41 Å². The van der Waals surface area contributed by atoms with Crippen molar-refractivity contribution in [2.24, 2.45) is 4.99 Å². The van der Waals surface area contributed by atoms with E-state index in [0.717, 1.165) is 72.1 Å². The Labute approximate surface area is 351 Å². The number of allylic oxidation sites excluding steroid dienone is 2. The number of hydrogen-bond donors (Lipinski definition) is 1. The summed E-state index contributed by atoms with van der Waals surface area (Å²) in [6.45, 7) is 4.68. The van der Waals surface area contributed by atoms with E-state index in [2.05, 4.69) is 181 Å². The van der Waals surface area contributed by atoms with Crippen LogP contribution >= 0.6 is 0 Å². The molecule has 1 unspecified atom stereocenters. The molecule has 0 saturated heterocycles. The van der Waals surface area contributed by atoms with Crippen molar-refractivity contribution in [2.75, 3.05) is 0 Å². The molecule has 3 aromatic heterocycles. The molecule has 0 radical (unpaired) electrons. The van der Waals surface area contributed by atoms with Crippen LogP contribution in [0.15, 0.2) is 197 Å². The quantitative estimate of drug-likeness (QED) is 0.193. The summed E-state index contributed by atoms with van der Waals surface area (Å²) < 4.78 is 8.69. The van der Waals surface area contributed by atoms with Gasteiger partial charge in [-0.1, -0.05) is 123 Å². The van der Waals surface area contributed by atoms with E-state index in [0.29, 0.717) is 0 Å². The SMILES string of the molecule is CC1(C)C2=C(C(c3ccc4oc5ccccc5c4c3)=NC(c3ccc(-n4c5ccccc5c5cc6ccccc6cc54)cc3)N2)c2ccc(-c3cccc4cccnc34)cc21. The Bertz CT molecular complexity index is 3710. The van der Waals surface area contributed by atoms with E-state index in [1.807, 2.05) is 24.4 Å². The van der Waals surface area contributed by atoms with Gasteiger partial charge in [0.15, 0.2) is 0 Å². The molecule has 0 bridgehead atoms. The van der Waals surface area contributed by atoms with Gasteiger partial charge in [-0.2, -0.15) is 0 Å². The Kier molecular flexibility index (Phi) is 7.06. The number of pyridine rings is 1. The van der Waals surface area contributed by atoms with Crippen LogP contribution in [0.4, 0.5) is 0 Å². The fraction of sp³-hybridized carbons (Fsp3) is 0.0714. The predicted octanol–water partition coefficient (Wildman–Crippen LogP) is 13.8. The van der Waals surface area contributed by atoms with E-state index in [9.17, 15) is 0 Å². The summed E-state index contributed by atoms with van der Waals surface area (Å²) >= 11 is 0. The maximum absolute atomic E-state index is 6.29. The van der Waals surface area contributed by atoms with Crippen molar-refractivity contribution in [3.8, 4) is 16.8 Å². The highest BCUT2D eigenvalue weighted by Crippen LogP contribution is 2.51. The van der Waals surface area contributed by atoms with Gasteiger partial charge in [-0.05, 0) is 99.8 Å². The fourth-order valence-corrected chi connectivity index (χ4v) is 10.2. The maximum atomic E-state index is 6.29. The van der Waals surface area contributed by atoms with Crippen LogP contribution in [0, 0.1) is 0 Å². The minimum Gasteiger partial charge on any atom is -0.456 e. The molecule has 61 heavy (non-hydrogen) atoms. The van der Waals surface area contributed by atoms with Gasteiger partial charge < -0.3 is 14.3 Å². The van der Waals surface area contributed by atoms with Gasteiger partial charge in [0.25, 0.3) is 0 Å². The molecule has 0 fully saturated rings. The summed E-state index contributed by atoms with van der Waals surface area (Å²) in [5.74, 6) is 0. The first kappa shape index (κ1) is 34.1. The molecule has 8 aromatic carbocycles. The van der Waals surface area contributed by atoms with Gasteiger partial charge in [-0.25, -0.2) is 0 Å². The molecule has 1 atom stereocenters. The Morgan fingerprint density at radius 3 is 2.18 bits per heavy atom. The van der Waals surface area contributed by atoms with Crippen molar-refractivity contribution in [3.05, 3.63) is 210 Å². The highest BCUT2D eigenvalue weighted by Gasteiger charge is 2.43. The second-order valence-electron chi connectivity index (χ2n) is 17.0. The van der Waals surface area contributed by atoms with Gasteiger partial charge in [0.1, 0.15) is 17.3 Å². The molecule has 5 nitrogen and oxygen atoms in total. The van der Waals surface area contributed by atoms with E-state index in [1.54, 1.807) is 0 Å². The second-order valence-corrected chi connectivity index (χ2v) is 17.0. The Morgan fingerprint density at radius 2 is 1.30 bits per heavy atom. The monoisotopic (exact) mass is 782 g/mol. The van der Waals surface area contributed by atoms with Crippen molar-refractivity contribution in [2.45, 2.75) is 25.4 Å². The number of fused-ring (bicyclic) bond motifs is 10. The summed E-state index contributed by atoms with van der Waals surface area (Å²) in [7, 11) is 0. The highest BCUT2D eigenvalue weighted by atomic mass is 16.3. The van der Waals surface area contributed by atoms with Crippen LogP contribution < -0.4 is 5.32 Å². The van der Waals surface area contributed by atoms with Gasteiger partial charge in [-0.15, -0.1) is 0 Å². The molecule has 13 rings (SSSR count). The zero-order valence-corrected chi connectivity index (χ0v) is 33.6. The Balaban J connectivity index is 0.959. The molecular formula is C56H38N4O. The van der Waals surface area contributed by atoms with Gasteiger partial charge in [0.05, 0.1) is 22.3 Å². The number of furan rings is 1. The Morgan fingerprint density at radius 1 is 0.557 bits per heavy atom. The van der Waals surface area contributed by atoms with Gasteiger partial charge in [0, 0.05) is 66.6 Å². The van der Waals surface area contributed by atoms with E-state index in [-0.39, 0.29) is 11.6 Å². The van der Waals surface area contributed by atoms with E-state index in [4.69, 9.17) is 14.4 Å². The molecule has 0 spiro atoms. The van der Waals surface area contributed by atoms with Gasteiger partial charge >= 0.3 is 0 Å². The number of nitrogens with one attached hydrogen (secondary N) is 1. The Hall–Kier alpha value is -7.76. The first-order valence-electron chi connectivity index (χ1n) is 21.0. The molecule has 1 aliphatic heterocycles. The number of para-hydroxylation sites is 3. The molecule has 1 aliphatic carbocycles. The number of aromatic nitrogens is 2. The number of hydrogen-bond acceptors (Lipinski definition) is 4. The normalized spacial score (nSPS) is 15.8. The largest absolute Gasteiger partial charge is 0.456 e. The molecule has 11 aromatic rings. The predicted molar refractivity (Wildman–Crippen MR) is 252 cm³/mol. The van der Waals surface area contributed by atoms with Crippen LogP contribution in [0.3, 0.4) is 0 Å². The third kappa shape index (κ3) is 5.01. The highest BCUT2D eigenvalue weighted by molar-refractivity contribution is 6.35. The third-order valence-corrected chi connectivity index (χ3v) is 13.2. The van der Waals surface area contributed by atoms with Gasteiger partial charge in [0.2, 0.25) is 0 Å². The van der Waals surface area contributed by atoms with Crippen LogP contribution in [0.2, 0.25) is 0 Å². The molecular weight excluding hydrogens is 745 g/mol. The number of benzene rings is 8. The molecule has 2 aliphatic rings. The van der Waals surface area contributed by atoms with E-state index >= 15 is 0 Å². The molecule has 0 saturated carbocycles. The fourth-order valence-electron chi connectivity index (χ4n) is 10.2. The lowest BCUT2D eigenvalue weighted by Gasteiger charge is -2.32. The molecule has 5 heteroatoms. The standard InChI is InChI=1S/C56H38N4O/c1-56(2)46-31-37(40-17-9-13-33-14-10-28-57-52(33)40)22-26-43(46)51-53(38-23-27-50-45(30-38)42-16-6-8-19-49(42)61-50)58-55(59-54(51)56)34-20-24-39(25-21-34)60-47-18-7-5-15-41(47)44-29-35-11-3-4-12-36(35)32-48(44)60/h3-32,55,59H,1-2H3. The minimum absolute atomic E-state index is 0.308. The van der Waals surface area contributed by atoms with Crippen molar-refractivity contribution in [3.63, 3.8) is 0 Å². The number of aliphatic imine (C=N–C) groups is 1. The molecule has 288 valence electrons. The lowest BCUT2D eigenvalue weighted by Crippen LogP contribution is -2.34. The lowest BCUT2D eigenvalue weighted by atomic mass is 9.83. The molecule has 0 amide bonds. The zero-order valence-electron chi connectivity index (χ0n) is 33.6. The van der Waals surface area contributed by atoms with Crippen LogP contribution in [0.1, 0.15) is 42.3 Å². The minimum atomic E-state index is -0.337. The average molecular weight is 783 g/mol.